The summed E-state index contributed by atoms with van der Waals surface area (Å²) in [6.07, 6.45) is 3.43. The van der Waals surface area contributed by atoms with E-state index in [2.05, 4.69) is 10.3 Å². The molecule has 0 bridgehead atoms. The molecule has 0 radical (unpaired) electrons. The molecule has 0 fully saturated rings. The van der Waals surface area contributed by atoms with Gasteiger partial charge in [-0.2, -0.15) is 0 Å². The van der Waals surface area contributed by atoms with Gasteiger partial charge in [0.25, 0.3) is 0 Å². The summed E-state index contributed by atoms with van der Waals surface area (Å²) < 4.78 is 0. The van der Waals surface area contributed by atoms with Crippen LogP contribution in [0.25, 0.3) is 10.9 Å². The van der Waals surface area contributed by atoms with E-state index < -0.39 is 0 Å². The van der Waals surface area contributed by atoms with E-state index in [1.807, 2.05) is 24.4 Å². The molecule has 4 nitrogen and oxygen atoms in total. The van der Waals surface area contributed by atoms with Gasteiger partial charge in [-0.3, -0.25) is 4.79 Å². The van der Waals surface area contributed by atoms with E-state index in [9.17, 15) is 4.79 Å². The lowest BCUT2D eigenvalue weighted by Crippen LogP contribution is -2.14. The molecule has 1 amide bonds. The Hall–Kier alpha value is -1.81. The van der Waals surface area contributed by atoms with Crippen LogP contribution in [0.15, 0.2) is 24.4 Å². The van der Waals surface area contributed by atoms with Crippen LogP contribution in [0.1, 0.15) is 11.1 Å². The predicted octanol–water partition coefficient (Wildman–Crippen LogP) is 0.949. The van der Waals surface area contributed by atoms with E-state index in [0.29, 0.717) is 13.0 Å². The number of fused-ring (bicyclic) bond motifs is 1. The number of H-pyrrole nitrogens is 1. The van der Waals surface area contributed by atoms with Crippen LogP contribution in [-0.2, 0) is 17.8 Å². The Morgan fingerprint density at radius 1 is 1.44 bits per heavy atom. The smallest absolute Gasteiger partial charge is 0.207 e. The molecule has 4 heteroatoms. The third kappa shape index (κ3) is 2.06. The first-order valence-electron chi connectivity index (χ1n) is 5.22. The van der Waals surface area contributed by atoms with Gasteiger partial charge in [-0.25, -0.2) is 0 Å². The van der Waals surface area contributed by atoms with Gasteiger partial charge in [-0.15, -0.1) is 0 Å². The number of hydrogen-bond acceptors (Lipinski definition) is 2. The molecule has 2 aromatic rings. The number of aromatic amines is 1. The van der Waals surface area contributed by atoms with Crippen LogP contribution < -0.4 is 5.32 Å². The minimum absolute atomic E-state index is 0.0488. The monoisotopic (exact) mass is 218 g/mol. The standard InChI is InChI=1S/C12H14N2O2/c15-7-9-1-2-12-11(5-9)10(6-14-12)3-4-13-8-16/h1-2,5-6,8,14-15H,3-4,7H2,(H,13,16). The van der Waals surface area contributed by atoms with Gasteiger partial charge in [0.05, 0.1) is 6.61 Å². The Bertz CT molecular complexity index is 491. The van der Waals surface area contributed by atoms with Gasteiger partial charge < -0.3 is 15.4 Å². The topological polar surface area (TPSA) is 65.1 Å². The number of hydrogen-bond donors (Lipinski definition) is 3. The van der Waals surface area contributed by atoms with E-state index in [0.717, 1.165) is 28.5 Å². The summed E-state index contributed by atoms with van der Waals surface area (Å²) >= 11 is 0. The Balaban J connectivity index is 2.27. The Labute approximate surface area is 93.3 Å². The molecular formula is C12H14N2O2. The lowest BCUT2D eigenvalue weighted by molar-refractivity contribution is -0.109. The summed E-state index contributed by atoms with van der Waals surface area (Å²) in [5.41, 5.74) is 3.11. The quantitative estimate of drug-likeness (QED) is 0.516. The van der Waals surface area contributed by atoms with Crippen LogP contribution in [0.2, 0.25) is 0 Å². The summed E-state index contributed by atoms with van der Waals surface area (Å²) in [5, 5.41) is 12.8. The number of rotatable bonds is 5. The van der Waals surface area contributed by atoms with E-state index >= 15 is 0 Å². The molecule has 0 spiro atoms. The van der Waals surface area contributed by atoms with Crippen LogP contribution in [0, 0.1) is 0 Å². The van der Waals surface area contributed by atoms with Crippen LogP contribution in [0.5, 0.6) is 0 Å². The number of nitrogens with one attached hydrogen (secondary N) is 2. The van der Waals surface area contributed by atoms with Gasteiger partial charge in [0.1, 0.15) is 0 Å². The summed E-state index contributed by atoms with van der Waals surface area (Å²) in [5.74, 6) is 0. The Morgan fingerprint density at radius 2 is 2.31 bits per heavy atom. The van der Waals surface area contributed by atoms with Crippen molar-refractivity contribution in [2.75, 3.05) is 6.54 Å². The van der Waals surface area contributed by atoms with Gasteiger partial charge >= 0.3 is 0 Å². The first kappa shape index (κ1) is 10.7. The fraction of sp³-hybridized carbons (Fsp3) is 0.250. The molecule has 16 heavy (non-hydrogen) atoms. The normalized spacial score (nSPS) is 10.6. The lowest BCUT2D eigenvalue weighted by Gasteiger charge is -2.00. The highest BCUT2D eigenvalue weighted by Gasteiger charge is 2.03. The summed E-state index contributed by atoms with van der Waals surface area (Å²) in [4.78, 5) is 13.3. The van der Waals surface area contributed by atoms with Crippen LogP contribution in [0.3, 0.4) is 0 Å². The highest BCUT2D eigenvalue weighted by atomic mass is 16.3. The van der Waals surface area contributed by atoms with Crippen molar-refractivity contribution in [2.24, 2.45) is 0 Å². The number of benzene rings is 1. The van der Waals surface area contributed by atoms with E-state index in [-0.39, 0.29) is 6.61 Å². The maximum absolute atomic E-state index is 10.1. The molecule has 2 rings (SSSR count). The molecule has 0 atom stereocenters. The van der Waals surface area contributed by atoms with Gasteiger partial charge in [0, 0.05) is 23.6 Å². The zero-order valence-electron chi connectivity index (χ0n) is 8.86. The minimum atomic E-state index is 0.0488. The second-order valence-corrected chi connectivity index (χ2v) is 3.67. The maximum atomic E-state index is 10.1. The number of amides is 1. The second kappa shape index (κ2) is 4.81. The third-order valence-corrected chi connectivity index (χ3v) is 2.64. The first-order valence-corrected chi connectivity index (χ1v) is 5.22. The van der Waals surface area contributed by atoms with Gasteiger partial charge in [-0.05, 0) is 29.7 Å². The van der Waals surface area contributed by atoms with Crippen molar-refractivity contribution < 1.29 is 9.90 Å². The van der Waals surface area contributed by atoms with Crippen molar-refractivity contribution >= 4 is 17.3 Å². The largest absolute Gasteiger partial charge is 0.392 e. The summed E-state index contributed by atoms with van der Waals surface area (Å²) in [7, 11) is 0. The predicted molar refractivity (Wildman–Crippen MR) is 62.0 cm³/mol. The molecule has 0 aliphatic heterocycles. The molecular weight excluding hydrogens is 204 g/mol. The highest BCUT2D eigenvalue weighted by Crippen LogP contribution is 2.20. The molecule has 1 aromatic carbocycles. The number of carbonyl (C=O) groups is 1. The second-order valence-electron chi connectivity index (χ2n) is 3.67. The Kier molecular flexibility index (Phi) is 3.22. The third-order valence-electron chi connectivity index (χ3n) is 2.64. The average Bonchev–Trinajstić information content (AvgIpc) is 2.72. The fourth-order valence-corrected chi connectivity index (χ4v) is 1.80. The molecule has 0 aliphatic carbocycles. The number of aliphatic hydroxyl groups is 1. The molecule has 1 aromatic heterocycles. The summed E-state index contributed by atoms with van der Waals surface area (Å²) in [6, 6.07) is 5.83. The zero-order chi connectivity index (χ0) is 11.4. The summed E-state index contributed by atoms with van der Waals surface area (Å²) in [6.45, 7) is 0.674. The van der Waals surface area contributed by atoms with Crippen molar-refractivity contribution in [2.45, 2.75) is 13.0 Å². The SMILES string of the molecule is O=CNCCc1c[nH]c2ccc(CO)cc12. The molecule has 84 valence electrons. The molecule has 0 aliphatic rings. The Morgan fingerprint density at radius 3 is 3.06 bits per heavy atom. The zero-order valence-corrected chi connectivity index (χ0v) is 8.86. The van der Waals surface area contributed by atoms with Crippen molar-refractivity contribution in [3.63, 3.8) is 0 Å². The van der Waals surface area contributed by atoms with E-state index in [1.165, 1.54) is 0 Å². The van der Waals surface area contributed by atoms with Crippen molar-refractivity contribution in [3.8, 4) is 0 Å². The molecule has 1 heterocycles. The number of aromatic nitrogens is 1. The van der Waals surface area contributed by atoms with Crippen molar-refractivity contribution in [1.82, 2.24) is 10.3 Å². The molecule has 0 unspecified atom stereocenters. The average molecular weight is 218 g/mol. The molecule has 3 N–H and O–H groups in total. The van der Waals surface area contributed by atoms with Crippen molar-refractivity contribution in [3.05, 3.63) is 35.5 Å². The van der Waals surface area contributed by atoms with Gasteiger partial charge in [0.15, 0.2) is 0 Å². The van der Waals surface area contributed by atoms with E-state index in [1.54, 1.807) is 0 Å². The minimum Gasteiger partial charge on any atom is -0.392 e. The lowest BCUT2D eigenvalue weighted by atomic mass is 10.1. The van der Waals surface area contributed by atoms with Gasteiger partial charge in [-0.1, -0.05) is 6.07 Å². The van der Waals surface area contributed by atoms with Crippen LogP contribution >= 0.6 is 0 Å². The fourth-order valence-electron chi connectivity index (χ4n) is 1.80. The van der Waals surface area contributed by atoms with Crippen LogP contribution in [0.4, 0.5) is 0 Å². The molecule has 0 saturated carbocycles. The first-order chi connectivity index (χ1) is 7.85. The number of carbonyl (C=O) groups excluding carboxylic acids is 1. The highest BCUT2D eigenvalue weighted by molar-refractivity contribution is 5.83. The van der Waals surface area contributed by atoms with Crippen molar-refractivity contribution in [1.29, 1.82) is 0 Å². The number of aliphatic hydroxyl groups excluding tert-OH is 1. The van der Waals surface area contributed by atoms with E-state index in [4.69, 9.17) is 5.11 Å². The molecule has 0 saturated heterocycles. The van der Waals surface area contributed by atoms with Crippen LogP contribution in [-0.4, -0.2) is 23.0 Å². The van der Waals surface area contributed by atoms with Gasteiger partial charge in [0.2, 0.25) is 6.41 Å². The maximum Gasteiger partial charge on any atom is 0.207 e.